The second-order valence-corrected chi connectivity index (χ2v) is 13.0. The van der Waals surface area contributed by atoms with Gasteiger partial charge in [-0.2, -0.15) is 0 Å². The first-order valence-electron chi connectivity index (χ1n) is 16.0. The van der Waals surface area contributed by atoms with Crippen molar-refractivity contribution in [3.8, 4) is 0 Å². The molecular weight excluding hydrogens is 568 g/mol. The molecule has 4 atom stereocenters. The number of benzene rings is 3. The third kappa shape index (κ3) is 10.6. The van der Waals surface area contributed by atoms with E-state index in [1.165, 1.54) is 0 Å². The van der Waals surface area contributed by atoms with Crippen molar-refractivity contribution in [2.45, 2.75) is 65.3 Å². The molecule has 9 heteroatoms. The third-order valence-electron chi connectivity index (χ3n) is 8.13. The molecule has 0 radical (unpaired) electrons. The number of alkyl carbamates (subject to hydrolysis) is 1. The summed E-state index contributed by atoms with van der Waals surface area (Å²) in [5.74, 6) is -0.178. The van der Waals surface area contributed by atoms with Crippen molar-refractivity contribution < 1.29 is 24.2 Å². The Hall–Kier alpha value is -3.95. The summed E-state index contributed by atoms with van der Waals surface area (Å²) in [6.07, 6.45) is 0.177. The van der Waals surface area contributed by atoms with E-state index in [1.54, 1.807) is 6.07 Å². The van der Waals surface area contributed by atoms with Gasteiger partial charge in [-0.15, -0.1) is 0 Å². The van der Waals surface area contributed by atoms with Gasteiger partial charge in [0.25, 0.3) is 5.91 Å². The smallest absolute Gasteiger partial charge is 0.407 e. The van der Waals surface area contributed by atoms with Gasteiger partial charge in [-0.05, 0) is 53.1 Å². The highest BCUT2D eigenvalue weighted by molar-refractivity contribution is 6.00. The van der Waals surface area contributed by atoms with Crippen LogP contribution in [0.15, 0.2) is 72.8 Å². The Kier molecular flexibility index (Phi) is 12.4. The van der Waals surface area contributed by atoms with E-state index in [9.17, 15) is 19.5 Å². The van der Waals surface area contributed by atoms with Gasteiger partial charge < -0.3 is 25.8 Å². The van der Waals surface area contributed by atoms with Crippen LogP contribution in [0.1, 0.15) is 56.5 Å². The summed E-state index contributed by atoms with van der Waals surface area (Å²) >= 11 is 0. The Balaban J connectivity index is 1.29. The first-order chi connectivity index (χ1) is 21.6. The Morgan fingerprint density at radius 3 is 2.27 bits per heavy atom. The summed E-state index contributed by atoms with van der Waals surface area (Å²) in [4.78, 5) is 41.1. The molecule has 3 amide bonds. The Labute approximate surface area is 266 Å². The van der Waals surface area contributed by atoms with Crippen molar-refractivity contribution in [3.63, 3.8) is 0 Å². The van der Waals surface area contributed by atoms with Gasteiger partial charge in [-0.3, -0.25) is 14.5 Å². The molecule has 0 aliphatic carbocycles. The van der Waals surface area contributed by atoms with Crippen LogP contribution in [0, 0.1) is 17.8 Å². The van der Waals surface area contributed by atoms with Gasteiger partial charge in [0.1, 0.15) is 12.6 Å². The van der Waals surface area contributed by atoms with Gasteiger partial charge in [0.2, 0.25) is 5.91 Å². The Morgan fingerprint density at radius 2 is 1.56 bits per heavy atom. The van der Waals surface area contributed by atoms with Crippen LogP contribution in [0.3, 0.4) is 0 Å². The molecule has 242 valence electrons. The van der Waals surface area contributed by atoms with E-state index in [2.05, 4.69) is 34.7 Å². The standard InChI is InChI=1S/C36H48N4O5/c1-24(2)16-31(38-36(44)45-23-26-10-6-5-7-11-26)21-40-20-30(33(41)22-40)19-37-35(43)32(17-25(3)4)39-34(42)29-15-14-27-12-8-9-13-28(27)18-29/h5-15,18,24-25,30-33,41H,16-17,19-23H2,1-4H3,(H,37,43)(H,38,44)(H,39,42)/t30?,31-,32-,33?/m0/s1. The molecular formula is C36H48N4O5. The second kappa shape index (κ2) is 16.4. The molecule has 1 heterocycles. The average molecular weight is 617 g/mol. The molecule has 0 aromatic heterocycles. The minimum absolute atomic E-state index is 0.144. The van der Waals surface area contributed by atoms with Gasteiger partial charge in [0.05, 0.1) is 6.10 Å². The van der Waals surface area contributed by atoms with Crippen molar-refractivity contribution in [1.82, 2.24) is 20.9 Å². The minimum Gasteiger partial charge on any atom is -0.445 e. The van der Waals surface area contributed by atoms with E-state index >= 15 is 0 Å². The van der Waals surface area contributed by atoms with E-state index in [0.717, 1.165) is 22.8 Å². The fraction of sp³-hybridized carbons (Fsp3) is 0.472. The van der Waals surface area contributed by atoms with Gasteiger partial charge in [0.15, 0.2) is 0 Å². The summed E-state index contributed by atoms with van der Waals surface area (Å²) in [6, 6.07) is 22.1. The number of hydrogen-bond acceptors (Lipinski definition) is 6. The monoisotopic (exact) mass is 616 g/mol. The predicted molar refractivity (Wildman–Crippen MR) is 177 cm³/mol. The van der Waals surface area contributed by atoms with Crippen LogP contribution in [0.4, 0.5) is 4.79 Å². The maximum atomic E-state index is 13.3. The normalized spacial score (nSPS) is 18.1. The highest BCUT2D eigenvalue weighted by Crippen LogP contribution is 2.19. The number of rotatable bonds is 14. The second-order valence-electron chi connectivity index (χ2n) is 13.0. The number of carbonyl (C=O) groups is 3. The number of carbonyl (C=O) groups excluding carboxylic acids is 3. The Morgan fingerprint density at radius 1 is 0.867 bits per heavy atom. The summed E-state index contributed by atoms with van der Waals surface area (Å²) in [5.41, 5.74) is 1.43. The van der Waals surface area contributed by atoms with E-state index < -0.39 is 18.2 Å². The molecule has 2 unspecified atom stereocenters. The topological polar surface area (TPSA) is 120 Å². The average Bonchev–Trinajstić information content (AvgIpc) is 3.36. The molecule has 1 fully saturated rings. The predicted octanol–water partition coefficient (Wildman–Crippen LogP) is 4.73. The van der Waals surface area contributed by atoms with Crippen molar-refractivity contribution in [2.75, 3.05) is 26.2 Å². The zero-order valence-corrected chi connectivity index (χ0v) is 26.9. The highest BCUT2D eigenvalue weighted by Gasteiger charge is 2.34. The van der Waals surface area contributed by atoms with Crippen molar-refractivity contribution in [1.29, 1.82) is 0 Å². The van der Waals surface area contributed by atoms with Gasteiger partial charge in [-0.1, -0.05) is 88.4 Å². The van der Waals surface area contributed by atoms with Gasteiger partial charge in [0, 0.05) is 43.7 Å². The molecule has 1 aliphatic rings. The number of aliphatic hydroxyl groups excluding tert-OH is 1. The summed E-state index contributed by atoms with van der Waals surface area (Å²) in [5, 5.41) is 21.8. The van der Waals surface area contributed by atoms with E-state index in [-0.39, 0.29) is 36.3 Å². The molecule has 9 nitrogen and oxygen atoms in total. The molecule has 0 saturated carbocycles. The molecule has 1 saturated heterocycles. The van der Waals surface area contributed by atoms with E-state index in [0.29, 0.717) is 44.1 Å². The number of hydrogen-bond donors (Lipinski definition) is 4. The van der Waals surface area contributed by atoms with Crippen LogP contribution < -0.4 is 16.0 Å². The maximum Gasteiger partial charge on any atom is 0.407 e. The van der Waals surface area contributed by atoms with Crippen LogP contribution in [0.5, 0.6) is 0 Å². The number of nitrogens with zero attached hydrogens (tertiary/aromatic N) is 1. The highest BCUT2D eigenvalue weighted by atomic mass is 16.5. The molecule has 4 N–H and O–H groups in total. The summed E-state index contributed by atoms with van der Waals surface area (Å²) in [6.45, 7) is 10.3. The number of aliphatic hydroxyl groups is 1. The number of fused-ring (bicyclic) bond motifs is 1. The number of amides is 3. The van der Waals surface area contributed by atoms with Gasteiger partial charge in [-0.25, -0.2) is 4.79 Å². The number of β-amino-alcohol motifs (C(OH)–C–C–N with tert-alkyl or cyclic N) is 1. The zero-order chi connectivity index (χ0) is 32.3. The van der Waals surface area contributed by atoms with Crippen LogP contribution in [0.25, 0.3) is 10.8 Å². The van der Waals surface area contributed by atoms with Crippen molar-refractivity contribution in [2.24, 2.45) is 17.8 Å². The fourth-order valence-corrected chi connectivity index (χ4v) is 5.91. The van der Waals surface area contributed by atoms with Crippen LogP contribution in [0.2, 0.25) is 0 Å². The van der Waals surface area contributed by atoms with Crippen molar-refractivity contribution >= 4 is 28.7 Å². The molecule has 45 heavy (non-hydrogen) atoms. The maximum absolute atomic E-state index is 13.3. The summed E-state index contributed by atoms with van der Waals surface area (Å²) in [7, 11) is 0. The minimum atomic E-state index is -0.694. The molecule has 3 aromatic carbocycles. The van der Waals surface area contributed by atoms with Crippen LogP contribution >= 0.6 is 0 Å². The summed E-state index contributed by atoms with van der Waals surface area (Å²) < 4.78 is 5.44. The Bertz CT molecular complexity index is 1410. The molecule has 0 spiro atoms. The van der Waals surface area contributed by atoms with Crippen molar-refractivity contribution in [3.05, 3.63) is 83.9 Å². The first-order valence-corrected chi connectivity index (χ1v) is 16.0. The number of likely N-dealkylation sites (tertiary alicyclic amines) is 1. The first kappa shape index (κ1) is 33.9. The lowest BCUT2D eigenvalue weighted by molar-refractivity contribution is -0.123. The lowest BCUT2D eigenvalue weighted by atomic mass is 10.0. The third-order valence-corrected chi connectivity index (χ3v) is 8.13. The largest absolute Gasteiger partial charge is 0.445 e. The molecule has 1 aliphatic heterocycles. The van der Waals surface area contributed by atoms with Gasteiger partial charge >= 0.3 is 6.09 Å². The number of nitrogens with one attached hydrogen (secondary N) is 3. The van der Waals surface area contributed by atoms with Crippen LogP contribution in [-0.4, -0.2) is 72.3 Å². The lowest BCUT2D eigenvalue weighted by Crippen LogP contribution is -2.49. The number of ether oxygens (including phenoxy) is 1. The SMILES string of the molecule is CC(C)C[C@@H](CN1CC(O)C(CNC(=O)[C@H](CC(C)C)NC(=O)c2ccc3ccccc3c2)C1)NC(=O)OCc1ccccc1. The molecule has 4 rings (SSSR count). The molecule has 3 aromatic rings. The van der Waals surface area contributed by atoms with Crippen LogP contribution in [-0.2, 0) is 16.1 Å². The lowest BCUT2D eigenvalue weighted by Gasteiger charge is -2.26. The zero-order valence-electron chi connectivity index (χ0n) is 26.9. The molecule has 0 bridgehead atoms. The van der Waals surface area contributed by atoms with E-state index in [1.807, 2.05) is 80.6 Å². The van der Waals surface area contributed by atoms with E-state index in [4.69, 9.17) is 4.74 Å². The fourth-order valence-electron chi connectivity index (χ4n) is 5.91. The quantitative estimate of drug-likeness (QED) is 0.208.